The molecule has 1 aromatic rings. The van der Waals surface area contributed by atoms with Gasteiger partial charge in [0.1, 0.15) is 52.7 Å². The second-order valence-electron chi connectivity index (χ2n) is 8.61. The summed E-state index contributed by atoms with van der Waals surface area (Å²) >= 11 is 0. The van der Waals surface area contributed by atoms with Crippen LogP contribution in [0.1, 0.15) is 17.5 Å². The molecule has 0 atom stereocenters. The highest BCUT2D eigenvalue weighted by atomic mass is 19.4. The van der Waals surface area contributed by atoms with Crippen LogP contribution in [0.25, 0.3) is 0 Å². The number of halogens is 12. The number of allylic oxidation sites excluding steroid dienone is 7. The van der Waals surface area contributed by atoms with Gasteiger partial charge < -0.3 is 11.5 Å². The van der Waals surface area contributed by atoms with Crippen molar-refractivity contribution in [3.05, 3.63) is 55.5 Å². The lowest BCUT2D eigenvalue weighted by Gasteiger charge is -2.27. The lowest BCUT2D eigenvalue weighted by molar-refractivity contribution is -0.137. The smallest absolute Gasteiger partial charge is 0.400 e. The Hall–Kier alpha value is -3.55. The molecule has 44 heavy (non-hydrogen) atoms. The fourth-order valence-corrected chi connectivity index (χ4v) is 3.67. The van der Waals surface area contributed by atoms with Crippen LogP contribution in [-0.4, -0.2) is 65.6 Å². The SMILES string of the molecule is [B]/C(C#C)=C(N)/C([B])=C(\CC(/C([B])=C(\Cc1c([B])c([B])c(N)c([B])c1C(F)(F)F)C(F)(F)F)=C(/C#C)C(F)(F)F)C(F)(F)F. The van der Waals surface area contributed by atoms with Gasteiger partial charge in [-0.25, -0.2) is 0 Å². The zero-order valence-electron chi connectivity index (χ0n) is 21.7. The second kappa shape index (κ2) is 13.2. The van der Waals surface area contributed by atoms with E-state index in [0.717, 1.165) is 5.92 Å². The maximum absolute atomic E-state index is 14.3. The van der Waals surface area contributed by atoms with E-state index in [4.69, 9.17) is 71.4 Å². The largest absolute Gasteiger partial charge is 0.424 e. The summed E-state index contributed by atoms with van der Waals surface area (Å²) in [4.78, 5) is 0. The Morgan fingerprint density at radius 3 is 1.52 bits per heavy atom. The standard InChI is InChI=1S/C24H10B6F12N2/c1-3-9(21(31,32)33)7(5-11(23(37,38)39)16(28)19(43)12(25)4-2)14(26)10(22(34,35)36)6-8-13(24(40,41)42)17(29)20(44)18(30)15(8)27/h1-2H,5-6,43-44H2/b9-7+,14-10-,16-11-,19-12-. The van der Waals surface area contributed by atoms with Gasteiger partial charge in [-0.3, -0.25) is 0 Å². The van der Waals surface area contributed by atoms with Gasteiger partial charge in [0, 0.05) is 35.4 Å². The van der Waals surface area contributed by atoms with Gasteiger partial charge in [0.15, 0.2) is 0 Å². The van der Waals surface area contributed by atoms with Crippen LogP contribution in [-0.2, 0) is 12.6 Å². The van der Waals surface area contributed by atoms with E-state index >= 15 is 0 Å². The van der Waals surface area contributed by atoms with E-state index in [1.54, 1.807) is 5.92 Å². The van der Waals surface area contributed by atoms with Gasteiger partial charge in [-0.15, -0.1) is 12.8 Å². The molecule has 0 aliphatic heterocycles. The summed E-state index contributed by atoms with van der Waals surface area (Å²) in [6.07, 6.45) is -17.8. The Morgan fingerprint density at radius 2 is 1.16 bits per heavy atom. The lowest BCUT2D eigenvalue weighted by Crippen LogP contribution is -2.42. The van der Waals surface area contributed by atoms with Gasteiger partial charge in [-0.05, 0) is 16.6 Å². The van der Waals surface area contributed by atoms with Crippen LogP contribution in [0.5, 0.6) is 0 Å². The molecule has 4 N–H and O–H groups in total. The van der Waals surface area contributed by atoms with Crippen molar-refractivity contribution in [3.8, 4) is 24.7 Å². The highest BCUT2D eigenvalue weighted by molar-refractivity contribution is 6.54. The van der Waals surface area contributed by atoms with Crippen LogP contribution in [0, 0.1) is 24.7 Å². The van der Waals surface area contributed by atoms with Crippen LogP contribution in [0.4, 0.5) is 58.4 Å². The van der Waals surface area contributed by atoms with E-state index in [9.17, 15) is 52.7 Å². The predicted molar refractivity (Wildman–Crippen MR) is 146 cm³/mol. The number of anilines is 1. The molecular weight excluding hydrogens is 609 g/mol. The molecule has 0 fully saturated rings. The van der Waals surface area contributed by atoms with Crippen LogP contribution < -0.4 is 27.9 Å². The number of rotatable bonds is 6. The predicted octanol–water partition coefficient (Wildman–Crippen LogP) is 2.04. The number of terminal acetylenes is 2. The molecule has 0 unspecified atom stereocenters. The minimum Gasteiger partial charge on any atom is -0.400 e. The van der Waals surface area contributed by atoms with Crippen LogP contribution in [0.2, 0.25) is 0 Å². The molecule has 2 nitrogen and oxygen atoms in total. The van der Waals surface area contributed by atoms with Gasteiger partial charge in [0.25, 0.3) is 0 Å². The highest BCUT2D eigenvalue weighted by Crippen LogP contribution is 2.43. The molecule has 1 rings (SSSR count). The van der Waals surface area contributed by atoms with Gasteiger partial charge in [0.2, 0.25) is 0 Å². The number of hydrogen-bond acceptors (Lipinski definition) is 2. The molecule has 0 bridgehead atoms. The first-order valence-electron chi connectivity index (χ1n) is 11.1. The quantitative estimate of drug-likeness (QED) is 0.169. The number of nitrogen functional groups attached to an aromatic ring is 1. The van der Waals surface area contributed by atoms with Gasteiger partial charge in [-0.1, -0.05) is 39.2 Å². The first-order valence-corrected chi connectivity index (χ1v) is 11.1. The van der Waals surface area contributed by atoms with Crippen molar-refractivity contribution < 1.29 is 52.7 Å². The van der Waals surface area contributed by atoms with Crippen molar-refractivity contribution in [2.75, 3.05) is 5.73 Å². The fraction of sp³-hybridized carbons (Fsp3) is 0.250. The minimum absolute atomic E-state index is 0.906. The molecule has 20 heteroatoms. The summed E-state index contributed by atoms with van der Waals surface area (Å²) < 4.78 is 168. The topological polar surface area (TPSA) is 52.0 Å². The summed E-state index contributed by atoms with van der Waals surface area (Å²) in [6.45, 7) is 0. The van der Waals surface area contributed by atoms with Crippen LogP contribution in [0.3, 0.4) is 0 Å². The average molecular weight is 619 g/mol. The van der Waals surface area contributed by atoms with E-state index in [0.29, 0.717) is 0 Å². The number of alkyl halides is 12. The highest BCUT2D eigenvalue weighted by Gasteiger charge is 2.44. The lowest BCUT2D eigenvalue weighted by atomic mass is 9.68. The molecule has 0 saturated carbocycles. The van der Waals surface area contributed by atoms with Gasteiger partial charge in [0.05, 0.1) is 5.56 Å². The first-order chi connectivity index (χ1) is 19.6. The molecule has 0 aromatic heterocycles. The summed E-state index contributed by atoms with van der Waals surface area (Å²) in [6, 6.07) is 0. The van der Waals surface area contributed by atoms with Crippen LogP contribution >= 0.6 is 0 Å². The number of benzene rings is 1. The molecule has 218 valence electrons. The third-order valence-corrected chi connectivity index (χ3v) is 5.88. The second-order valence-corrected chi connectivity index (χ2v) is 8.61. The van der Waals surface area contributed by atoms with Crippen molar-refractivity contribution in [3.63, 3.8) is 0 Å². The molecule has 0 saturated heterocycles. The van der Waals surface area contributed by atoms with E-state index in [1.807, 2.05) is 0 Å². The Balaban J connectivity index is 4.47. The van der Waals surface area contributed by atoms with E-state index < -0.39 is 115 Å². The molecule has 12 radical (unpaired) electrons. The zero-order chi connectivity index (χ0) is 34.9. The van der Waals surface area contributed by atoms with E-state index in [-0.39, 0.29) is 0 Å². The Kier molecular flexibility index (Phi) is 11.5. The maximum atomic E-state index is 14.3. The van der Waals surface area contributed by atoms with Crippen molar-refractivity contribution >= 4 is 69.2 Å². The monoisotopic (exact) mass is 620 g/mol. The Bertz CT molecular complexity index is 1540. The molecule has 0 aliphatic rings. The van der Waals surface area contributed by atoms with Crippen molar-refractivity contribution in [2.45, 2.75) is 37.5 Å². The Labute approximate surface area is 251 Å². The molecule has 0 aliphatic carbocycles. The third-order valence-electron chi connectivity index (χ3n) is 5.88. The summed E-state index contributed by atoms with van der Waals surface area (Å²) in [7, 11) is 32.2. The molecule has 1 aromatic carbocycles. The van der Waals surface area contributed by atoms with Crippen molar-refractivity contribution in [1.82, 2.24) is 0 Å². The van der Waals surface area contributed by atoms with Crippen molar-refractivity contribution in [2.24, 2.45) is 5.73 Å². The van der Waals surface area contributed by atoms with Gasteiger partial charge in [-0.2, -0.15) is 52.7 Å². The minimum atomic E-state index is -5.94. The first kappa shape index (κ1) is 38.5. The van der Waals surface area contributed by atoms with Crippen LogP contribution in [0.15, 0.2) is 44.4 Å². The van der Waals surface area contributed by atoms with Crippen molar-refractivity contribution in [1.29, 1.82) is 0 Å². The zero-order valence-corrected chi connectivity index (χ0v) is 21.7. The number of hydrogen-bond donors (Lipinski definition) is 2. The number of nitrogens with two attached hydrogens (primary N) is 2. The summed E-state index contributed by atoms with van der Waals surface area (Å²) in [5, 5.41) is 0. The third kappa shape index (κ3) is 8.33. The summed E-state index contributed by atoms with van der Waals surface area (Å²) in [5.74, 6) is 2.50. The fourth-order valence-electron chi connectivity index (χ4n) is 3.67. The average Bonchev–Trinajstić information content (AvgIpc) is 2.86. The normalized spacial score (nSPS) is 15.3. The van der Waals surface area contributed by atoms with E-state index in [1.165, 1.54) is 0 Å². The molecule has 0 amide bonds. The molecular formula is C24H10B6F12N2. The molecule has 0 heterocycles. The van der Waals surface area contributed by atoms with Gasteiger partial charge >= 0.3 is 24.7 Å². The summed E-state index contributed by atoms with van der Waals surface area (Å²) in [5.41, 5.74) is -12.8. The Morgan fingerprint density at radius 1 is 0.682 bits per heavy atom. The maximum Gasteiger partial charge on any atom is 0.424 e. The van der Waals surface area contributed by atoms with E-state index in [2.05, 4.69) is 0 Å². The molecule has 0 spiro atoms.